The Hall–Kier alpha value is -1.46. The fourth-order valence-electron chi connectivity index (χ4n) is 1.19. The van der Waals surface area contributed by atoms with Gasteiger partial charge in [0, 0.05) is 6.54 Å². The zero-order chi connectivity index (χ0) is 11.5. The number of nitrogen functional groups attached to an aromatic ring is 1. The van der Waals surface area contributed by atoms with Crippen LogP contribution in [0.4, 0.5) is 24.8 Å². The minimum atomic E-state index is -4.23. The van der Waals surface area contributed by atoms with Crippen molar-refractivity contribution >= 4 is 11.6 Å². The molecule has 0 atom stereocenters. The smallest absolute Gasteiger partial charge is 0.384 e. The predicted molar refractivity (Wildman–Crippen MR) is 52.6 cm³/mol. The monoisotopic (exact) mass is 219 g/mol. The van der Waals surface area contributed by atoms with E-state index in [4.69, 9.17) is 5.73 Å². The van der Waals surface area contributed by atoms with Gasteiger partial charge in [0.15, 0.2) is 0 Å². The fourth-order valence-corrected chi connectivity index (χ4v) is 1.19. The number of anilines is 2. The molecule has 0 aliphatic rings. The van der Waals surface area contributed by atoms with Crippen LogP contribution in [0.1, 0.15) is 6.92 Å². The number of nitrogens with zero attached hydrogens (tertiary/aromatic N) is 2. The maximum atomic E-state index is 12.2. The molecule has 0 radical (unpaired) electrons. The summed E-state index contributed by atoms with van der Waals surface area (Å²) in [7, 11) is 0. The number of alkyl halides is 3. The van der Waals surface area contributed by atoms with Crippen LogP contribution in [0.15, 0.2) is 18.2 Å². The first-order valence-corrected chi connectivity index (χ1v) is 4.46. The molecule has 0 bridgehead atoms. The van der Waals surface area contributed by atoms with E-state index in [0.29, 0.717) is 0 Å². The molecule has 0 saturated heterocycles. The van der Waals surface area contributed by atoms with Crippen molar-refractivity contribution in [2.75, 3.05) is 23.7 Å². The lowest BCUT2D eigenvalue weighted by atomic mass is 10.4. The molecule has 1 aromatic heterocycles. The van der Waals surface area contributed by atoms with Crippen LogP contribution in [0, 0.1) is 0 Å². The van der Waals surface area contributed by atoms with E-state index < -0.39 is 12.7 Å². The van der Waals surface area contributed by atoms with E-state index in [-0.39, 0.29) is 18.2 Å². The van der Waals surface area contributed by atoms with Gasteiger partial charge in [-0.2, -0.15) is 13.2 Å². The van der Waals surface area contributed by atoms with E-state index in [1.54, 1.807) is 13.0 Å². The molecule has 1 heterocycles. The maximum absolute atomic E-state index is 12.2. The number of hydrogen-bond acceptors (Lipinski definition) is 3. The number of pyridine rings is 1. The molecule has 0 aliphatic carbocycles. The SMILES string of the molecule is CCN(CC(F)(F)F)c1cccc(N)n1. The number of aromatic nitrogens is 1. The van der Waals surface area contributed by atoms with Gasteiger partial charge in [-0.05, 0) is 19.1 Å². The Morgan fingerprint density at radius 3 is 2.53 bits per heavy atom. The minimum Gasteiger partial charge on any atom is -0.384 e. The third-order valence-electron chi connectivity index (χ3n) is 1.83. The second-order valence-electron chi connectivity index (χ2n) is 3.05. The van der Waals surface area contributed by atoms with Crippen molar-refractivity contribution in [3.05, 3.63) is 18.2 Å². The molecule has 0 amide bonds. The zero-order valence-electron chi connectivity index (χ0n) is 8.25. The number of nitrogens with two attached hydrogens (primary N) is 1. The van der Waals surface area contributed by atoms with Crippen molar-refractivity contribution in [2.45, 2.75) is 13.1 Å². The molecule has 0 saturated carbocycles. The Balaban J connectivity index is 2.83. The van der Waals surface area contributed by atoms with Crippen molar-refractivity contribution in [3.8, 4) is 0 Å². The average molecular weight is 219 g/mol. The fraction of sp³-hybridized carbons (Fsp3) is 0.444. The van der Waals surface area contributed by atoms with Crippen LogP contribution in [-0.2, 0) is 0 Å². The average Bonchev–Trinajstić information content (AvgIpc) is 2.13. The first-order chi connectivity index (χ1) is 6.92. The van der Waals surface area contributed by atoms with Crippen molar-refractivity contribution in [1.82, 2.24) is 4.98 Å². The van der Waals surface area contributed by atoms with Gasteiger partial charge in [-0.25, -0.2) is 4.98 Å². The lowest BCUT2D eigenvalue weighted by Gasteiger charge is -2.23. The van der Waals surface area contributed by atoms with Crippen molar-refractivity contribution in [1.29, 1.82) is 0 Å². The first kappa shape index (κ1) is 11.6. The van der Waals surface area contributed by atoms with Gasteiger partial charge in [-0.1, -0.05) is 6.07 Å². The van der Waals surface area contributed by atoms with Crippen LogP contribution in [0.3, 0.4) is 0 Å². The Labute approximate surface area is 85.7 Å². The third-order valence-corrected chi connectivity index (χ3v) is 1.83. The van der Waals surface area contributed by atoms with Crippen molar-refractivity contribution in [3.63, 3.8) is 0 Å². The van der Waals surface area contributed by atoms with Crippen molar-refractivity contribution < 1.29 is 13.2 Å². The Morgan fingerprint density at radius 1 is 1.40 bits per heavy atom. The quantitative estimate of drug-likeness (QED) is 0.846. The summed E-state index contributed by atoms with van der Waals surface area (Å²) in [5.74, 6) is 0.461. The molecule has 1 aromatic rings. The van der Waals surface area contributed by atoms with E-state index >= 15 is 0 Å². The predicted octanol–water partition coefficient (Wildman–Crippen LogP) is 2.05. The molecular weight excluding hydrogens is 207 g/mol. The maximum Gasteiger partial charge on any atom is 0.405 e. The summed E-state index contributed by atoms with van der Waals surface area (Å²) in [5, 5.41) is 0. The molecule has 6 heteroatoms. The molecule has 2 N–H and O–H groups in total. The number of halogens is 3. The number of rotatable bonds is 3. The van der Waals surface area contributed by atoms with Crippen LogP contribution >= 0.6 is 0 Å². The highest BCUT2D eigenvalue weighted by molar-refractivity contribution is 5.44. The molecular formula is C9H12F3N3. The summed E-state index contributed by atoms with van der Waals surface area (Å²) in [6, 6.07) is 4.62. The number of hydrogen-bond donors (Lipinski definition) is 1. The highest BCUT2D eigenvalue weighted by Gasteiger charge is 2.30. The third kappa shape index (κ3) is 3.65. The topological polar surface area (TPSA) is 42.1 Å². The van der Waals surface area contributed by atoms with E-state index in [1.807, 2.05) is 0 Å². The molecule has 3 nitrogen and oxygen atoms in total. The summed E-state index contributed by atoms with van der Waals surface area (Å²) in [6.45, 7) is 0.854. The van der Waals surface area contributed by atoms with E-state index in [0.717, 1.165) is 4.90 Å². The molecule has 0 aliphatic heterocycles. The molecule has 0 unspecified atom stereocenters. The van der Waals surface area contributed by atoms with Crippen LogP contribution in [0.25, 0.3) is 0 Å². The van der Waals surface area contributed by atoms with E-state index in [9.17, 15) is 13.2 Å². The second kappa shape index (κ2) is 4.37. The van der Waals surface area contributed by atoms with Gasteiger partial charge < -0.3 is 10.6 Å². The standard InChI is InChI=1S/C9H12F3N3/c1-2-15(6-9(10,11)12)8-5-3-4-7(13)14-8/h3-5H,2,6H2,1H3,(H2,13,14). The zero-order valence-corrected chi connectivity index (χ0v) is 8.25. The van der Waals surface area contributed by atoms with Crippen molar-refractivity contribution in [2.24, 2.45) is 0 Å². The largest absolute Gasteiger partial charge is 0.405 e. The summed E-state index contributed by atoms with van der Waals surface area (Å²) in [5.41, 5.74) is 5.40. The van der Waals surface area contributed by atoms with E-state index in [2.05, 4.69) is 4.98 Å². The van der Waals surface area contributed by atoms with Gasteiger partial charge in [0.2, 0.25) is 0 Å². The molecule has 0 spiro atoms. The van der Waals surface area contributed by atoms with Gasteiger partial charge in [0.1, 0.15) is 18.2 Å². The molecule has 1 rings (SSSR count). The Morgan fingerprint density at radius 2 is 2.07 bits per heavy atom. The van der Waals surface area contributed by atoms with Crippen LogP contribution in [0.5, 0.6) is 0 Å². The molecule has 0 fully saturated rings. The summed E-state index contributed by atoms with van der Waals surface area (Å²) >= 11 is 0. The van der Waals surface area contributed by atoms with Gasteiger partial charge in [-0.15, -0.1) is 0 Å². The first-order valence-electron chi connectivity index (χ1n) is 4.46. The lowest BCUT2D eigenvalue weighted by Crippen LogP contribution is -2.34. The summed E-state index contributed by atoms with van der Waals surface area (Å²) in [4.78, 5) is 4.95. The van der Waals surface area contributed by atoms with Gasteiger partial charge in [0.05, 0.1) is 0 Å². The van der Waals surface area contributed by atoms with Gasteiger partial charge in [-0.3, -0.25) is 0 Å². The van der Waals surface area contributed by atoms with Gasteiger partial charge >= 0.3 is 6.18 Å². The van der Waals surface area contributed by atoms with Crippen LogP contribution in [0.2, 0.25) is 0 Å². The normalized spacial score (nSPS) is 11.5. The highest BCUT2D eigenvalue weighted by atomic mass is 19.4. The molecule has 84 valence electrons. The van der Waals surface area contributed by atoms with Crippen LogP contribution < -0.4 is 10.6 Å². The Bertz CT molecular complexity index is 325. The van der Waals surface area contributed by atoms with Gasteiger partial charge in [0.25, 0.3) is 0 Å². The van der Waals surface area contributed by atoms with Crippen LogP contribution in [-0.4, -0.2) is 24.2 Å². The van der Waals surface area contributed by atoms with E-state index in [1.165, 1.54) is 12.1 Å². The second-order valence-corrected chi connectivity index (χ2v) is 3.05. The molecule has 0 aromatic carbocycles. The molecule has 15 heavy (non-hydrogen) atoms. The minimum absolute atomic E-state index is 0.216. The summed E-state index contributed by atoms with van der Waals surface area (Å²) in [6.07, 6.45) is -4.23. The lowest BCUT2D eigenvalue weighted by molar-refractivity contribution is -0.119. The Kier molecular flexibility index (Phi) is 3.39. The highest BCUT2D eigenvalue weighted by Crippen LogP contribution is 2.20. The summed E-state index contributed by atoms with van der Waals surface area (Å²) < 4.78 is 36.5.